The lowest BCUT2D eigenvalue weighted by Gasteiger charge is -2.11. The molecule has 7 heteroatoms. The lowest BCUT2D eigenvalue weighted by atomic mass is 10.2. The summed E-state index contributed by atoms with van der Waals surface area (Å²) in [6.45, 7) is 3.74. The van der Waals surface area contributed by atoms with Gasteiger partial charge in [0.1, 0.15) is 5.75 Å². The minimum atomic E-state index is -1.09. The molecular formula is C16H20N2O5. The van der Waals surface area contributed by atoms with Crippen LogP contribution in [0.25, 0.3) is 6.08 Å². The minimum absolute atomic E-state index is 0.506. The third-order valence-electron chi connectivity index (χ3n) is 2.74. The summed E-state index contributed by atoms with van der Waals surface area (Å²) < 4.78 is 10.4. The van der Waals surface area contributed by atoms with Gasteiger partial charge in [-0.05, 0) is 26.0 Å². The summed E-state index contributed by atoms with van der Waals surface area (Å²) in [6.07, 6.45) is 1.64. The highest BCUT2D eigenvalue weighted by molar-refractivity contribution is 5.98. The summed E-state index contributed by atoms with van der Waals surface area (Å²) >= 11 is 0. The first kappa shape index (κ1) is 18.2. The van der Waals surface area contributed by atoms with Gasteiger partial charge in [-0.1, -0.05) is 18.2 Å². The van der Waals surface area contributed by atoms with Gasteiger partial charge in [0.05, 0.1) is 6.61 Å². The van der Waals surface area contributed by atoms with E-state index in [0.717, 1.165) is 0 Å². The van der Waals surface area contributed by atoms with Crippen molar-refractivity contribution < 1.29 is 23.9 Å². The van der Waals surface area contributed by atoms with Gasteiger partial charge in [-0.15, -0.1) is 0 Å². The number of amides is 3. The predicted molar refractivity (Wildman–Crippen MR) is 84.8 cm³/mol. The second-order valence-electron chi connectivity index (χ2n) is 4.45. The minimum Gasteiger partial charge on any atom is -0.493 e. The number of benzene rings is 1. The number of urea groups is 1. The molecule has 124 valence electrons. The summed E-state index contributed by atoms with van der Waals surface area (Å²) in [5.41, 5.74) is 0.716. The largest absolute Gasteiger partial charge is 0.493 e. The molecule has 7 nitrogen and oxygen atoms in total. The number of rotatable bonds is 6. The summed E-state index contributed by atoms with van der Waals surface area (Å²) in [5.74, 6) is -0.763. The fraction of sp³-hybridized carbons (Fsp3) is 0.312. The van der Waals surface area contributed by atoms with Crippen molar-refractivity contribution in [1.29, 1.82) is 0 Å². The summed E-state index contributed by atoms with van der Waals surface area (Å²) in [5, 5.41) is 4.25. The first-order valence-electron chi connectivity index (χ1n) is 7.11. The zero-order valence-electron chi connectivity index (χ0n) is 13.3. The summed E-state index contributed by atoms with van der Waals surface area (Å²) in [7, 11) is 1.37. The molecule has 1 rings (SSSR count). The number of carbonyl (C=O) groups is 3. The van der Waals surface area contributed by atoms with E-state index < -0.39 is 24.0 Å². The van der Waals surface area contributed by atoms with E-state index in [4.69, 9.17) is 9.47 Å². The second kappa shape index (κ2) is 9.24. The molecule has 0 saturated heterocycles. The number of ether oxygens (including phenoxy) is 2. The lowest BCUT2D eigenvalue weighted by molar-refractivity contribution is -0.149. The van der Waals surface area contributed by atoms with Gasteiger partial charge >= 0.3 is 12.0 Å². The van der Waals surface area contributed by atoms with Crippen LogP contribution in [-0.2, 0) is 14.3 Å². The molecule has 0 heterocycles. The average molecular weight is 320 g/mol. The van der Waals surface area contributed by atoms with E-state index in [9.17, 15) is 14.4 Å². The third-order valence-corrected chi connectivity index (χ3v) is 2.74. The van der Waals surface area contributed by atoms with Crippen molar-refractivity contribution in [3.63, 3.8) is 0 Å². The molecular weight excluding hydrogens is 300 g/mol. The molecule has 0 spiro atoms. The fourth-order valence-corrected chi connectivity index (χ4v) is 1.61. The topological polar surface area (TPSA) is 93.7 Å². The predicted octanol–water partition coefficient (Wildman–Crippen LogP) is 1.49. The monoisotopic (exact) mass is 320 g/mol. The molecule has 0 saturated carbocycles. The Labute approximate surface area is 134 Å². The van der Waals surface area contributed by atoms with E-state index in [1.807, 2.05) is 24.4 Å². The first-order valence-corrected chi connectivity index (χ1v) is 7.11. The van der Waals surface area contributed by atoms with Crippen molar-refractivity contribution in [2.24, 2.45) is 0 Å². The highest BCUT2D eigenvalue weighted by Gasteiger charge is 2.18. The molecule has 0 aromatic heterocycles. The van der Waals surface area contributed by atoms with Crippen molar-refractivity contribution in [3.05, 3.63) is 35.9 Å². The van der Waals surface area contributed by atoms with E-state index in [2.05, 4.69) is 5.32 Å². The lowest BCUT2D eigenvalue weighted by Crippen LogP contribution is -2.43. The van der Waals surface area contributed by atoms with Crippen LogP contribution in [0.3, 0.4) is 0 Å². The van der Waals surface area contributed by atoms with Crippen LogP contribution < -0.4 is 15.4 Å². The smallest absolute Gasteiger partial charge is 0.331 e. The van der Waals surface area contributed by atoms with E-state index in [1.54, 1.807) is 12.1 Å². The number of hydrogen-bond acceptors (Lipinski definition) is 5. The van der Waals surface area contributed by atoms with Crippen LogP contribution in [0.5, 0.6) is 5.75 Å². The van der Waals surface area contributed by atoms with E-state index in [0.29, 0.717) is 17.9 Å². The van der Waals surface area contributed by atoms with Crippen LogP contribution in [0.15, 0.2) is 30.3 Å². The molecule has 0 radical (unpaired) electrons. The Balaban J connectivity index is 2.62. The average Bonchev–Trinajstić information content (AvgIpc) is 2.54. The Hall–Kier alpha value is -2.83. The van der Waals surface area contributed by atoms with Crippen molar-refractivity contribution in [3.8, 4) is 5.75 Å². The summed E-state index contributed by atoms with van der Waals surface area (Å²) in [6, 6.07) is 6.54. The molecule has 1 atom stereocenters. The van der Waals surface area contributed by atoms with Gasteiger partial charge in [0.2, 0.25) is 0 Å². The number of imide groups is 1. The summed E-state index contributed by atoms with van der Waals surface area (Å²) in [4.78, 5) is 34.3. The number of nitrogens with one attached hydrogen (secondary N) is 2. The van der Waals surface area contributed by atoms with Gasteiger partial charge in [-0.25, -0.2) is 9.59 Å². The van der Waals surface area contributed by atoms with Gasteiger partial charge < -0.3 is 14.8 Å². The molecule has 2 N–H and O–H groups in total. The zero-order chi connectivity index (χ0) is 17.2. The molecule has 0 aliphatic rings. The Morgan fingerprint density at radius 2 is 1.96 bits per heavy atom. The van der Waals surface area contributed by atoms with Gasteiger partial charge in [0, 0.05) is 18.7 Å². The normalized spacial score (nSPS) is 11.6. The Morgan fingerprint density at radius 1 is 1.26 bits per heavy atom. The maximum atomic E-state index is 11.7. The second-order valence-corrected chi connectivity index (χ2v) is 4.45. The van der Waals surface area contributed by atoms with Crippen molar-refractivity contribution in [1.82, 2.24) is 10.6 Å². The van der Waals surface area contributed by atoms with Crippen LogP contribution >= 0.6 is 0 Å². The number of carbonyl (C=O) groups excluding carboxylic acids is 3. The number of para-hydroxylation sites is 1. The highest BCUT2D eigenvalue weighted by Crippen LogP contribution is 2.19. The number of hydrogen-bond donors (Lipinski definition) is 2. The van der Waals surface area contributed by atoms with Gasteiger partial charge in [0.15, 0.2) is 6.10 Å². The number of esters is 1. The Kier molecular flexibility index (Phi) is 7.32. The van der Waals surface area contributed by atoms with Crippen LogP contribution in [0.4, 0.5) is 4.79 Å². The molecule has 0 fully saturated rings. The third kappa shape index (κ3) is 6.21. The van der Waals surface area contributed by atoms with Crippen LogP contribution in [-0.4, -0.2) is 37.7 Å². The molecule has 1 aromatic carbocycles. The Morgan fingerprint density at radius 3 is 2.61 bits per heavy atom. The van der Waals surface area contributed by atoms with Crippen LogP contribution in [0.2, 0.25) is 0 Å². The van der Waals surface area contributed by atoms with Gasteiger partial charge in [-0.3, -0.25) is 10.1 Å². The van der Waals surface area contributed by atoms with Crippen molar-refractivity contribution >= 4 is 24.0 Å². The van der Waals surface area contributed by atoms with Gasteiger partial charge in [0.25, 0.3) is 5.91 Å². The van der Waals surface area contributed by atoms with E-state index in [1.165, 1.54) is 26.1 Å². The maximum Gasteiger partial charge on any atom is 0.331 e. The highest BCUT2D eigenvalue weighted by atomic mass is 16.5. The van der Waals surface area contributed by atoms with Crippen LogP contribution in [0.1, 0.15) is 19.4 Å². The fourth-order valence-electron chi connectivity index (χ4n) is 1.61. The Bertz CT molecular complexity index is 598. The maximum absolute atomic E-state index is 11.7. The molecule has 0 aliphatic carbocycles. The standard InChI is InChI=1S/C16H20N2O5/c1-4-22-13-8-6-5-7-12(13)9-10-14(19)23-11(2)15(20)18-16(21)17-3/h5-11H,4H2,1-3H3,(H2,17,18,20,21). The van der Waals surface area contributed by atoms with E-state index in [-0.39, 0.29) is 0 Å². The molecule has 1 aromatic rings. The van der Waals surface area contributed by atoms with Crippen molar-refractivity contribution in [2.75, 3.05) is 13.7 Å². The quantitative estimate of drug-likeness (QED) is 0.612. The first-order chi connectivity index (χ1) is 11.0. The molecule has 23 heavy (non-hydrogen) atoms. The van der Waals surface area contributed by atoms with Crippen molar-refractivity contribution in [2.45, 2.75) is 20.0 Å². The SMILES string of the molecule is CCOc1ccccc1C=CC(=O)OC(C)C(=O)NC(=O)NC. The molecule has 0 bridgehead atoms. The van der Waals surface area contributed by atoms with Gasteiger partial charge in [-0.2, -0.15) is 0 Å². The molecule has 0 aliphatic heterocycles. The zero-order valence-corrected chi connectivity index (χ0v) is 13.3. The van der Waals surface area contributed by atoms with Crippen LogP contribution in [0, 0.1) is 0 Å². The van der Waals surface area contributed by atoms with E-state index >= 15 is 0 Å². The molecule has 3 amide bonds. The molecule has 1 unspecified atom stereocenters.